The van der Waals surface area contributed by atoms with Gasteiger partial charge in [0.1, 0.15) is 16.7 Å². The quantitative estimate of drug-likeness (QED) is 0.336. The van der Waals surface area contributed by atoms with Gasteiger partial charge in [0.25, 0.3) is 5.91 Å². The molecule has 1 aliphatic heterocycles. The molecule has 1 unspecified atom stereocenters. The molecule has 1 fully saturated rings. The molecule has 2 heterocycles. The summed E-state index contributed by atoms with van der Waals surface area (Å²) in [6, 6.07) is 19.7. The van der Waals surface area contributed by atoms with Crippen LogP contribution in [0.3, 0.4) is 0 Å². The minimum Gasteiger partial charge on any atom is -0.334 e. The van der Waals surface area contributed by atoms with Crippen LogP contribution in [0.2, 0.25) is 0 Å². The lowest BCUT2D eigenvalue weighted by Gasteiger charge is -2.37. The van der Waals surface area contributed by atoms with E-state index in [1.807, 2.05) is 53.4 Å². The average Bonchev–Trinajstić information content (AvgIpc) is 3.34. The normalized spacial score (nSPS) is 15.0. The van der Waals surface area contributed by atoms with Gasteiger partial charge in [-0.2, -0.15) is 12.7 Å². The second-order valence-corrected chi connectivity index (χ2v) is 13.7. The molecule has 1 saturated heterocycles. The number of nitrogens with zero attached hydrogens (tertiary/aromatic N) is 4. The number of carbonyl (C=O) groups is 2. The fraction of sp³-hybridized carbons (Fsp3) is 0.433. The first-order chi connectivity index (χ1) is 19.7. The molecule has 41 heavy (non-hydrogen) atoms. The Balaban J connectivity index is 1.59. The Kier molecular flexibility index (Phi) is 10.7. The number of benzene rings is 2. The Morgan fingerprint density at radius 1 is 1.00 bits per heavy atom. The lowest BCUT2D eigenvalue weighted by Crippen LogP contribution is -2.45. The van der Waals surface area contributed by atoms with Crippen LogP contribution in [0.5, 0.6) is 0 Å². The third kappa shape index (κ3) is 8.22. The highest BCUT2D eigenvalue weighted by Gasteiger charge is 2.33. The average molecular weight is 598 g/mol. The molecule has 2 aromatic carbocycles. The first-order valence-corrected chi connectivity index (χ1v) is 16.2. The van der Waals surface area contributed by atoms with Gasteiger partial charge in [0.05, 0.1) is 6.54 Å². The number of nitrogens with one attached hydrogen (secondary N) is 1. The predicted octanol–water partition coefficient (Wildman–Crippen LogP) is 4.18. The van der Waals surface area contributed by atoms with Crippen molar-refractivity contribution in [3.05, 3.63) is 87.4 Å². The zero-order valence-corrected chi connectivity index (χ0v) is 25.6. The van der Waals surface area contributed by atoms with E-state index in [1.165, 1.54) is 37.4 Å². The number of aryl methyl sites for hydroxylation is 2. The molecule has 0 bridgehead atoms. The minimum atomic E-state index is -3.95. The second-order valence-electron chi connectivity index (χ2n) is 10.5. The van der Waals surface area contributed by atoms with E-state index in [0.29, 0.717) is 16.4 Å². The topological polar surface area (TPSA) is 103 Å². The maximum Gasteiger partial charge on any atom is 0.303 e. The van der Waals surface area contributed by atoms with Crippen molar-refractivity contribution in [2.24, 2.45) is 0 Å². The van der Waals surface area contributed by atoms with Gasteiger partial charge in [-0.05, 0) is 56.8 Å². The number of hydrogen-bond acceptors (Lipinski definition) is 7. The molecule has 2 amide bonds. The van der Waals surface area contributed by atoms with Crippen molar-refractivity contribution in [3.8, 4) is 0 Å². The van der Waals surface area contributed by atoms with Gasteiger partial charge in [0, 0.05) is 25.5 Å². The van der Waals surface area contributed by atoms with Crippen LogP contribution >= 0.6 is 11.3 Å². The lowest BCUT2D eigenvalue weighted by atomic mass is 10.00. The summed E-state index contributed by atoms with van der Waals surface area (Å²) in [5.41, 5.74) is 2.24. The van der Waals surface area contributed by atoms with Gasteiger partial charge in [-0.3, -0.25) is 14.5 Å². The van der Waals surface area contributed by atoms with Crippen LogP contribution in [0.4, 0.5) is 0 Å². The van der Waals surface area contributed by atoms with E-state index in [-0.39, 0.29) is 18.1 Å². The molecule has 11 heteroatoms. The Morgan fingerprint density at radius 2 is 1.63 bits per heavy atom. The highest BCUT2D eigenvalue weighted by atomic mass is 32.2. The van der Waals surface area contributed by atoms with E-state index in [9.17, 15) is 18.0 Å². The molecule has 0 aliphatic carbocycles. The fourth-order valence-corrected chi connectivity index (χ4v) is 6.49. The molecular formula is C30H39N5O4S2. The van der Waals surface area contributed by atoms with E-state index in [2.05, 4.69) is 26.7 Å². The van der Waals surface area contributed by atoms with Crippen molar-refractivity contribution in [3.63, 3.8) is 0 Å². The molecule has 220 valence electrons. The van der Waals surface area contributed by atoms with Gasteiger partial charge < -0.3 is 4.90 Å². The summed E-state index contributed by atoms with van der Waals surface area (Å²) in [7, 11) is -1.26. The number of carbonyl (C=O) groups excluding carboxylic acids is 2. The largest absolute Gasteiger partial charge is 0.334 e. The SMILES string of the molecule is Cc1sc(CN(CCCc2ccccc2)C(=O)C(c2ccccc2)N2CCCCC2)nc1C(=O)NS(=O)(=O)N(C)C. The number of likely N-dealkylation sites (tertiary alicyclic amines) is 1. The number of aromatic nitrogens is 1. The van der Waals surface area contributed by atoms with Gasteiger partial charge in [-0.25, -0.2) is 9.71 Å². The molecule has 0 spiro atoms. The maximum atomic E-state index is 14.4. The summed E-state index contributed by atoms with van der Waals surface area (Å²) < 4.78 is 27.4. The van der Waals surface area contributed by atoms with Crippen LogP contribution in [0.25, 0.3) is 0 Å². The standard InChI is InChI=1S/C30H39N5O4S2/c1-23-27(29(36)32-41(38,39)33(2)3)31-26(40-23)22-35(21-13-16-24-14-7-4-8-15-24)30(37)28(25-17-9-5-10-18-25)34-19-11-6-12-20-34/h4-5,7-10,14-15,17-18,28H,6,11-13,16,19-22H2,1-3H3,(H,32,36). The predicted molar refractivity (Wildman–Crippen MR) is 162 cm³/mol. The summed E-state index contributed by atoms with van der Waals surface area (Å²) in [5.74, 6) is -0.767. The van der Waals surface area contributed by atoms with E-state index in [0.717, 1.165) is 48.6 Å². The number of hydrogen-bond donors (Lipinski definition) is 1. The van der Waals surface area contributed by atoms with Crippen molar-refractivity contribution >= 4 is 33.4 Å². The molecule has 1 N–H and O–H groups in total. The first kappa shape index (κ1) is 30.8. The summed E-state index contributed by atoms with van der Waals surface area (Å²) in [5, 5.41) is 0.591. The van der Waals surface area contributed by atoms with Gasteiger partial charge in [-0.15, -0.1) is 11.3 Å². The molecule has 9 nitrogen and oxygen atoms in total. The number of amides is 2. The van der Waals surface area contributed by atoms with Crippen molar-refractivity contribution in [1.82, 2.24) is 23.8 Å². The maximum absolute atomic E-state index is 14.4. The van der Waals surface area contributed by atoms with Crippen molar-refractivity contribution < 1.29 is 18.0 Å². The molecule has 0 saturated carbocycles. The Bertz CT molecular complexity index is 1410. The molecular weight excluding hydrogens is 558 g/mol. The third-order valence-electron chi connectivity index (χ3n) is 7.24. The summed E-state index contributed by atoms with van der Waals surface area (Å²) in [6.07, 6.45) is 4.89. The number of piperidine rings is 1. The van der Waals surface area contributed by atoms with E-state index in [4.69, 9.17) is 0 Å². The smallest absolute Gasteiger partial charge is 0.303 e. The molecule has 0 radical (unpaired) electrons. The van der Waals surface area contributed by atoms with Gasteiger partial charge >= 0.3 is 10.2 Å². The van der Waals surface area contributed by atoms with Crippen molar-refractivity contribution in [1.29, 1.82) is 0 Å². The van der Waals surface area contributed by atoms with Gasteiger partial charge in [0.2, 0.25) is 5.91 Å². The number of rotatable bonds is 12. The van der Waals surface area contributed by atoms with Crippen molar-refractivity contribution in [2.75, 3.05) is 33.7 Å². The molecule has 4 rings (SSSR count). The molecule has 3 aromatic rings. The summed E-state index contributed by atoms with van der Waals surface area (Å²) >= 11 is 1.31. The molecule has 1 atom stereocenters. The van der Waals surface area contributed by atoms with Crippen LogP contribution in [-0.2, 0) is 28.0 Å². The monoisotopic (exact) mass is 597 g/mol. The van der Waals surface area contributed by atoms with Crippen LogP contribution < -0.4 is 4.72 Å². The molecule has 1 aromatic heterocycles. The van der Waals surface area contributed by atoms with Crippen LogP contribution in [0.15, 0.2) is 60.7 Å². The zero-order valence-electron chi connectivity index (χ0n) is 24.0. The second kappa shape index (κ2) is 14.2. The van der Waals surface area contributed by atoms with Crippen LogP contribution in [0, 0.1) is 6.92 Å². The minimum absolute atomic E-state index is 0.0141. The summed E-state index contributed by atoms with van der Waals surface area (Å²) in [4.78, 5) is 36.4. The van der Waals surface area contributed by atoms with Gasteiger partial charge in [0.15, 0.2) is 0 Å². The van der Waals surface area contributed by atoms with Crippen LogP contribution in [0.1, 0.15) is 63.2 Å². The molecule has 1 aliphatic rings. The van der Waals surface area contributed by atoms with E-state index >= 15 is 0 Å². The lowest BCUT2D eigenvalue weighted by molar-refractivity contribution is -0.138. The number of thiazole rings is 1. The Hall–Kier alpha value is -3.12. The zero-order chi connectivity index (χ0) is 29.4. The Labute approximate surface area is 247 Å². The Morgan fingerprint density at radius 3 is 2.27 bits per heavy atom. The first-order valence-electron chi connectivity index (χ1n) is 14.0. The van der Waals surface area contributed by atoms with E-state index < -0.39 is 22.2 Å². The fourth-order valence-electron chi connectivity index (χ4n) is 5.03. The van der Waals surface area contributed by atoms with Crippen molar-refractivity contribution in [2.45, 2.75) is 51.6 Å². The van der Waals surface area contributed by atoms with Gasteiger partial charge in [-0.1, -0.05) is 67.1 Å². The van der Waals surface area contributed by atoms with Crippen LogP contribution in [-0.4, -0.2) is 73.1 Å². The highest BCUT2D eigenvalue weighted by Crippen LogP contribution is 2.28. The highest BCUT2D eigenvalue weighted by molar-refractivity contribution is 7.87. The van der Waals surface area contributed by atoms with E-state index in [1.54, 1.807) is 6.92 Å². The third-order valence-corrected chi connectivity index (χ3v) is 9.60. The summed E-state index contributed by atoms with van der Waals surface area (Å²) in [6.45, 7) is 4.23.